The first kappa shape index (κ1) is 14.0. The lowest BCUT2D eigenvalue weighted by Crippen LogP contribution is -2.35. The number of hydrogen-bond acceptors (Lipinski definition) is 3. The average molecular weight is 282 g/mol. The van der Waals surface area contributed by atoms with Crippen molar-refractivity contribution in [3.05, 3.63) is 28.8 Å². The lowest BCUT2D eigenvalue weighted by Gasteiger charge is -2.31. The first-order valence-corrected chi connectivity index (χ1v) is 6.96. The molecule has 1 heterocycles. The molecule has 0 amide bonds. The van der Waals surface area contributed by atoms with Crippen LogP contribution in [0.1, 0.15) is 32.3 Å². The third-order valence-corrected chi connectivity index (χ3v) is 3.96. The van der Waals surface area contributed by atoms with Crippen LogP contribution in [-0.2, 0) is 0 Å². The summed E-state index contributed by atoms with van der Waals surface area (Å²) in [6.45, 7) is 5.42. The molecule has 1 saturated heterocycles. The number of hydrogen-bond donors (Lipinski definition) is 2. The highest BCUT2D eigenvalue weighted by molar-refractivity contribution is 6.31. The quantitative estimate of drug-likeness (QED) is 0.387. The van der Waals surface area contributed by atoms with Gasteiger partial charge in [0.25, 0.3) is 0 Å². The second-order valence-corrected chi connectivity index (χ2v) is 5.73. The molecule has 1 aliphatic rings. The van der Waals surface area contributed by atoms with E-state index in [2.05, 4.69) is 23.9 Å². The van der Waals surface area contributed by atoms with E-state index in [4.69, 9.17) is 22.5 Å². The molecule has 0 spiro atoms. The van der Waals surface area contributed by atoms with Crippen LogP contribution in [0.15, 0.2) is 23.4 Å². The molecule has 1 fully saturated rings. The highest BCUT2D eigenvalue weighted by Gasteiger charge is 2.29. The molecule has 0 aliphatic carbocycles. The molecule has 4 nitrogen and oxygen atoms in total. The van der Waals surface area contributed by atoms with Crippen LogP contribution in [-0.4, -0.2) is 23.6 Å². The summed E-state index contributed by atoms with van der Waals surface area (Å²) in [5, 5.41) is 12.7. The molecule has 104 valence electrons. The summed E-state index contributed by atoms with van der Waals surface area (Å²) in [5.41, 5.74) is 7.46. The molecule has 1 aromatic carbocycles. The van der Waals surface area contributed by atoms with E-state index in [-0.39, 0.29) is 5.84 Å². The van der Waals surface area contributed by atoms with E-state index in [1.54, 1.807) is 6.07 Å². The molecular weight excluding hydrogens is 262 g/mol. The van der Waals surface area contributed by atoms with Gasteiger partial charge in [0.1, 0.15) is 0 Å². The zero-order valence-electron chi connectivity index (χ0n) is 11.3. The Balaban J connectivity index is 2.45. The molecule has 1 aliphatic heterocycles. The standard InChI is InChI=1S/C14H20ClN3O/c1-9(2)12-4-3-7-18(12)13-8-10(15)5-6-11(13)14(16)17-19/h5-6,8-9,12,19H,3-4,7H2,1-2H3,(H2,16,17). The molecule has 0 radical (unpaired) electrons. The van der Waals surface area contributed by atoms with Crippen molar-refractivity contribution >= 4 is 23.1 Å². The molecular formula is C14H20ClN3O. The number of halogens is 1. The summed E-state index contributed by atoms with van der Waals surface area (Å²) < 4.78 is 0. The maximum atomic E-state index is 8.91. The minimum Gasteiger partial charge on any atom is -0.409 e. The maximum absolute atomic E-state index is 8.91. The zero-order chi connectivity index (χ0) is 14.0. The lowest BCUT2D eigenvalue weighted by atomic mass is 10.0. The molecule has 0 aromatic heterocycles. The fraction of sp³-hybridized carbons (Fsp3) is 0.500. The van der Waals surface area contributed by atoms with Crippen LogP contribution in [0, 0.1) is 5.92 Å². The summed E-state index contributed by atoms with van der Waals surface area (Å²) in [5.74, 6) is 0.683. The average Bonchev–Trinajstić information content (AvgIpc) is 2.87. The summed E-state index contributed by atoms with van der Waals surface area (Å²) in [4.78, 5) is 2.32. The predicted molar refractivity (Wildman–Crippen MR) is 79.2 cm³/mol. The summed E-state index contributed by atoms with van der Waals surface area (Å²) in [7, 11) is 0. The Morgan fingerprint density at radius 1 is 1.53 bits per heavy atom. The van der Waals surface area contributed by atoms with Crippen LogP contribution < -0.4 is 10.6 Å². The van der Waals surface area contributed by atoms with E-state index in [9.17, 15) is 0 Å². The smallest absolute Gasteiger partial charge is 0.172 e. The highest BCUT2D eigenvalue weighted by Crippen LogP contribution is 2.33. The Morgan fingerprint density at radius 2 is 2.26 bits per heavy atom. The number of anilines is 1. The van der Waals surface area contributed by atoms with E-state index in [0.29, 0.717) is 17.0 Å². The van der Waals surface area contributed by atoms with Crippen molar-refractivity contribution in [3.63, 3.8) is 0 Å². The lowest BCUT2D eigenvalue weighted by molar-refractivity contribution is 0.318. The normalized spacial score (nSPS) is 20.3. The van der Waals surface area contributed by atoms with Crippen molar-refractivity contribution in [3.8, 4) is 0 Å². The number of oxime groups is 1. The van der Waals surface area contributed by atoms with E-state index < -0.39 is 0 Å². The molecule has 3 N–H and O–H groups in total. The molecule has 1 unspecified atom stereocenters. The summed E-state index contributed by atoms with van der Waals surface area (Å²) >= 11 is 6.10. The van der Waals surface area contributed by atoms with Gasteiger partial charge in [0.15, 0.2) is 5.84 Å². The number of rotatable bonds is 3. The third kappa shape index (κ3) is 2.78. The van der Waals surface area contributed by atoms with Gasteiger partial charge in [-0.05, 0) is 37.0 Å². The maximum Gasteiger partial charge on any atom is 0.172 e. The van der Waals surface area contributed by atoms with E-state index in [1.165, 1.54) is 6.42 Å². The van der Waals surface area contributed by atoms with E-state index in [0.717, 1.165) is 24.2 Å². The van der Waals surface area contributed by atoms with Crippen molar-refractivity contribution in [2.45, 2.75) is 32.7 Å². The molecule has 0 saturated carbocycles. The number of nitrogens with two attached hydrogens (primary N) is 1. The van der Waals surface area contributed by atoms with Gasteiger partial charge in [-0.2, -0.15) is 0 Å². The van der Waals surface area contributed by atoms with Crippen LogP contribution in [0.2, 0.25) is 5.02 Å². The summed E-state index contributed by atoms with van der Waals surface area (Å²) in [6, 6.07) is 5.94. The Morgan fingerprint density at radius 3 is 2.89 bits per heavy atom. The van der Waals surface area contributed by atoms with Crippen LogP contribution in [0.4, 0.5) is 5.69 Å². The van der Waals surface area contributed by atoms with Gasteiger partial charge in [-0.3, -0.25) is 0 Å². The van der Waals surface area contributed by atoms with Gasteiger partial charge in [-0.15, -0.1) is 0 Å². The van der Waals surface area contributed by atoms with Gasteiger partial charge in [-0.1, -0.05) is 30.6 Å². The topological polar surface area (TPSA) is 61.8 Å². The highest BCUT2D eigenvalue weighted by atomic mass is 35.5. The molecule has 0 bridgehead atoms. The molecule has 1 aromatic rings. The SMILES string of the molecule is CC(C)C1CCCN1c1cc(Cl)ccc1C(N)=NO. The Kier molecular flexibility index (Phi) is 4.20. The second kappa shape index (κ2) is 5.70. The first-order valence-electron chi connectivity index (χ1n) is 6.58. The van der Waals surface area contributed by atoms with Crippen molar-refractivity contribution in [2.24, 2.45) is 16.8 Å². The van der Waals surface area contributed by atoms with Crippen molar-refractivity contribution in [2.75, 3.05) is 11.4 Å². The van der Waals surface area contributed by atoms with Crippen LogP contribution in [0.3, 0.4) is 0 Å². The second-order valence-electron chi connectivity index (χ2n) is 5.29. The van der Waals surface area contributed by atoms with Gasteiger partial charge >= 0.3 is 0 Å². The third-order valence-electron chi connectivity index (χ3n) is 3.72. The first-order chi connectivity index (χ1) is 9.04. The van der Waals surface area contributed by atoms with Gasteiger partial charge in [0, 0.05) is 28.9 Å². The van der Waals surface area contributed by atoms with Gasteiger partial charge in [0.2, 0.25) is 0 Å². The predicted octanol–water partition coefficient (Wildman–Crippen LogP) is 3.06. The van der Waals surface area contributed by atoms with Gasteiger partial charge < -0.3 is 15.8 Å². The molecule has 5 heteroatoms. The van der Waals surface area contributed by atoms with Crippen molar-refractivity contribution in [1.82, 2.24) is 0 Å². The van der Waals surface area contributed by atoms with Crippen LogP contribution in [0.5, 0.6) is 0 Å². The van der Waals surface area contributed by atoms with Gasteiger partial charge in [0.05, 0.1) is 0 Å². The Hall–Kier alpha value is -1.42. The Labute approximate surface area is 118 Å². The fourth-order valence-corrected chi connectivity index (χ4v) is 2.96. The van der Waals surface area contributed by atoms with Crippen molar-refractivity contribution in [1.29, 1.82) is 0 Å². The minimum atomic E-state index is 0.126. The molecule has 19 heavy (non-hydrogen) atoms. The number of amidine groups is 1. The van der Waals surface area contributed by atoms with Crippen LogP contribution >= 0.6 is 11.6 Å². The zero-order valence-corrected chi connectivity index (χ0v) is 12.1. The molecule has 2 rings (SSSR count). The number of benzene rings is 1. The summed E-state index contributed by atoms with van der Waals surface area (Å²) in [6.07, 6.45) is 2.32. The van der Waals surface area contributed by atoms with Crippen LogP contribution in [0.25, 0.3) is 0 Å². The molecule has 1 atom stereocenters. The Bertz CT molecular complexity index is 488. The van der Waals surface area contributed by atoms with E-state index >= 15 is 0 Å². The van der Waals surface area contributed by atoms with E-state index in [1.807, 2.05) is 12.1 Å². The fourth-order valence-electron chi connectivity index (χ4n) is 2.80. The van der Waals surface area contributed by atoms with Gasteiger partial charge in [-0.25, -0.2) is 0 Å². The van der Waals surface area contributed by atoms with Crippen molar-refractivity contribution < 1.29 is 5.21 Å². The largest absolute Gasteiger partial charge is 0.409 e. The monoisotopic (exact) mass is 281 g/mol. The minimum absolute atomic E-state index is 0.126. The number of nitrogens with zero attached hydrogens (tertiary/aromatic N) is 2.